The van der Waals surface area contributed by atoms with Crippen molar-refractivity contribution >= 4 is 23.4 Å². The lowest BCUT2D eigenvalue weighted by atomic mass is 9.81. The van der Waals surface area contributed by atoms with E-state index in [2.05, 4.69) is 0 Å². The molecule has 0 N–H and O–H groups in total. The molecule has 8 heteroatoms. The minimum atomic E-state index is -1.17. The van der Waals surface area contributed by atoms with E-state index in [0.717, 1.165) is 16.9 Å². The Bertz CT molecular complexity index is 1410. The van der Waals surface area contributed by atoms with Crippen LogP contribution in [0.25, 0.3) is 6.08 Å². The molecule has 3 atom stereocenters. The summed E-state index contributed by atoms with van der Waals surface area (Å²) in [4.78, 5) is 31.7. The van der Waals surface area contributed by atoms with Crippen LogP contribution < -0.4 is 24.4 Å². The van der Waals surface area contributed by atoms with Crippen LogP contribution in [0.1, 0.15) is 37.9 Å². The summed E-state index contributed by atoms with van der Waals surface area (Å²) < 4.78 is 19.1. The maximum atomic E-state index is 13.6. The highest BCUT2D eigenvalue weighted by Crippen LogP contribution is 2.47. The number of nitrogens with zero attached hydrogens (tertiary/aromatic N) is 2. The monoisotopic (exact) mass is 464 g/mol. The largest absolute Gasteiger partial charge is 0.491 e. The summed E-state index contributed by atoms with van der Waals surface area (Å²) in [5, 5.41) is 0. The maximum absolute atomic E-state index is 13.6. The summed E-state index contributed by atoms with van der Waals surface area (Å²) in [6, 6.07) is 14.5. The molecule has 7 nitrogen and oxygen atoms in total. The Hall–Kier alpha value is -3.39. The Morgan fingerprint density at radius 3 is 2.64 bits per heavy atom. The van der Waals surface area contributed by atoms with E-state index in [9.17, 15) is 9.59 Å². The summed E-state index contributed by atoms with van der Waals surface area (Å²) in [5.74, 6) is 0.146. The summed E-state index contributed by atoms with van der Waals surface area (Å²) in [6.07, 6.45) is 1.92. The summed E-state index contributed by atoms with van der Waals surface area (Å²) in [6.45, 7) is 5.71. The number of benzene rings is 2. The molecule has 2 aromatic carbocycles. The fraction of sp³-hybridized carbons (Fsp3) is 0.320. The van der Waals surface area contributed by atoms with E-state index < -0.39 is 23.7 Å². The van der Waals surface area contributed by atoms with E-state index in [-0.39, 0.29) is 11.7 Å². The lowest BCUT2D eigenvalue weighted by Gasteiger charge is -2.44. The van der Waals surface area contributed by atoms with Gasteiger partial charge in [0.2, 0.25) is 5.72 Å². The molecule has 2 aliphatic rings. The predicted molar refractivity (Wildman–Crippen MR) is 124 cm³/mol. The lowest BCUT2D eigenvalue weighted by molar-refractivity contribution is -0.158. The maximum Gasteiger partial charge on any atom is 0.317 e. The van der Waals surface area contributed by atoms with Gasteiger partial charge in [0, 0.05) is 5.56 Å². The van der Waals surface area contributed by atoms with Crippen molar-refractivity contribution in [3.63, 3.8) is 0 Å². The predicted octanol–water partition coefficient (Wildman–Crippen LogP) is 2.65. The van der Waals surface area contributed by atoms with Gasteiger partial charge in [-0.05, 0) is 50.6 Å². The third kappa shape index (κ3) is 3.54. The van der Waals surface area contributed by atoms with Crippen molar-refractivity contribution in [3.05, 3.63) is 79.3 Å². The number of para-hydroxylation sites is 1. The van der Waals surface area contributed by atoms with Gasteiger partial charge >= 0.3 is 5.97 Å². The van der Waals surface area contributed by atoms with Crippen molar-refractivity contribution in [1.82, 2.24) is 4.57 Å². The first-order chi connectivity index (χ1) is 15.8. The number of ether oxygens (including phenoxy) is 3. The molecular weight excluding hydrogens is 440 g/mol. The molecule has 2 bridgehead atoms. The molecule has 5 rings (SSSR count). The van der Waals surface area contributed by atoms with Crippen LogP contribution in [-0.4, -0.2) is 29.5 Å². The number of methoxy groups -OCH3 is 1. The van der Waals surface area contributed by atoms with Gasteiger partial charge in [0.05, 0.1) is 23.8 Å². The van der Waals surface area contributed by atoms with E-state index in [1.54, 1.807) is 11.5 Å². The fourth-order valence-corrected chi connectivity index (χ4v) is 5.60. The van der Waals surface area contributed by atoms with Gasteiger partial charge in [-0.25, -0.2) is 4.99 Å². The van der Waals surface area contributed by atoms with Crippen molar-refractivity contribution in [3.8, 4) is 11.5 Å². The smallest absolute Gasteiger partial charge is 0.317 e. The molecule has 2 aliphatic heterocycles. The van der Waals surface area contributed by atoms with Crippen molar-refractivity contribution < 1.29 is 19.0 Å². The van der Waals surface area contributed by atoms with Crippen LogP contribution in [0.4, 0.5) is 0 Å². The third-order valence-electron chi connectivity index (χ3n) is 5.88. The van der Waals surface area contributed by atoms with Gasteiger partial charge in [0.15, 0.2) is 4.80 Å². The lowest BCUT2D eigenvalue weighted by Crippen LogP contribution is -2.58. The van der Waals surface area contributed by atoms with Gasteiger partial charge < -0.3 is 14.2 Å². The van der Waals surface area contributed by atoms with Gasteiger partial charge in [-0.15, -0.1) is 0 Å². The number of hydrogen-bond acceptors (Lipinski definition) is 7. The number of rotatable bonds is 4. The minimum Gasteiger partial charge on any atom is -0.491 e. The summed E-state index contributed by atoms with van der Waals surface area (Å²) >= 11 is 1.29. The highest BCUT2D eigenvalue weighted by molar-refractivity contribution is 7.07. The van der Waals surface area contributed by atoms with E-state index in [1.807, 2.05) is 68.5 Å². The highest BCUT2D eigenvalue weighted by Gasteiger charge is 2.55. The van der Waals surface area contributed by atoms with E-state index in [0.29, 0.717) is 15.1 Å². The zero-order chi connectivity index (χ0) is 23.3. The Morgan fingerprint density at radius 1 is 1.21 bits per heavy atom. The zero-order valence-corrected chi connectivity index (χ0v) is 19.6. The van der Waals surface area contributed by atoms with Gasteiger partial charge in [-0.2, -0.15) is 0 Å². The molecule has 170 valence electrons. The van der Waals surface area contributed by atoms with Crippen LogP contribution in [0.3, 0.4) is 0 Å². The molecule has 1 aromatic heterocycles. The number of aromatic nitrogens is 1. The fourth-order valence-electron chi connectivity index (χ4n) is 4.50. The van der Waals surface area contributed by atoms with Crippen LogP contribution in [0.15, 0.2) is 58.3 Å². The van der Waals surface area contributed by atoms with Gasteiger partial charge in [-0.3, -0.25) is 14.2 Å². The van der Waals surface area contributed by atoms with Crippen molar-refractivity contribution in [2.24, 2.45) is 10.9 Å². The third-order valence-corrected chi connectivity index (χ3v) is 6.87. The Labute approximate surface area is 194 Å². The van der Waals surface area contributed by atoms with Crippen LogP contribution in [0.5, 0.6) is 11.5 Å². The van der Waals surface area contributed by atoms with Gasteiger partial charge in [0.25, 0.3) is 5.56 Å². The topological polar surface area (TPSA) is 79.1 Å². The Balaban J connectivity index is 1.67. The molecule has 0 saturated carbocycles. The Morgan fingerprint density at radius 2 is 1.94 bits per heavy atom. The molecule has 3 heterocycles. The number of fused-ring (bicyclic) bond motifs is 6. The van der Waals surface area contributed by atoms with Crippen LogP contribution in [0.2, 0.25) is 0 Å². The van der Waals surface area contributed by atoms with Crippen molar-refractivity contribution in [2.75, 3.05) is 7.11 Å². The first-order valence-electron chi connectivity index (χ1n) is 10.8. The normalized spacial score (nSPS) is 23.2. The van der Waals surface area contributed by atoms with Crippen LogP contribution in [-0.2, 0) is 9.53 Å². The number of hydrogen-bond donors (Lipinski definition) is 0. The molecule has 0 aliphatic carbocycles. The summed E-state index contributed by atoms with van der Waals surface area (Å²) in [7, 11) is 1.34. The van der Waals surface area contributed by atoms with Gasteiger partial charge in [-0.1, -0.05) is 41.7 Å². The molecule has 0 radical (unpaired) electrons. The molecule has 33 heavy (non-hydrogen) atoms. The number of esters is 1. The standard InChI is InChI=1S/C25H24N2O5S/c1-14(2)31-16-11-9-15(10-12-16)13-19-22(28)27-21-17-7-5-6-8-18(17)32-25(3,26-24(27)33-19)20(21)23(29)30-4/h5-14,20-21H,1-4H3. The average Bonchev–Trinajstić information content (AvgIpc) is 3.07. The van der Waals surface area contributed by atoms with Gasteiger partial charge in [0.1, 0.15) is 17.4 Å². The number of carbonyl (C=O) groups excluding carboxylic acids is 1. The molecule has 0 amide bonds. The summed E-state index contributed by atoms with van der Waals surface area (Å²) in [5.41, 5.74) is 0.274. The molecule has 3 unspecified atom stereocenters. The van der Waals surface area contributed by atoms with Crippen molar-refractivity contribution in [2.45, 2.75) is 38.6 Å². The molecule has 0 saturated heterocycles. The molecular formula is C25H24N2O5S. The molecule has 0 fully saturated rings. The second-order valence-electron chi connectivity index (χ2n) is 8.56. The zero-order valence-electron chi connectivity index (χ0n) is 18.8. The van der Waals surface area contributed by atoms with Crippen molar-refractivity contribution in [1.29, 1.82) is 0 Å². The quantitative estimate of drug-likeness (QED) is 0.555. The average molecular weight is 465 g/mol. The number of thiazole rings is 1. The first-order valence-corrected chi connectivity index (χ1v) is 11.6. The van der Waals surface area contributed by atoms with Crippen LogP contribution in [0, 0.1) is 5.92 Å². The Kier molecular flexibility index (Phi) is 5.12. The highest BCUT2D eigenvalue weighted by atomic mass is 32.1. The molecule has 0 spiro atoms. The minimum absolute atomic E-state index is 0.0867. The van der Waals surface area contributed by atoms with E-state index >= 15 is 0 Å². The van der Waals surface area contributed by atoms with Crippen LogP contribution >= 0.6 is 11.3 Å². The number of carbonyl (C=O) groups is 1. The van der Waals surface area contributed by atoms with E-state index in [4.69, 9.17) is 19.2 Å². The second kappa shape index (κ2) is 7.88. The SMILES string of the molecule is COC(=O)C1C2c3ccccc3OC1(C)N=c1sc(=Cc3ccc(OC(C)C)cc3)c(=O)n12. The second-order valence-corrected chi connectivity index (χ2v) is 9.57. The van der Waals surface area contributed by atoms with E-state index in [1.165, 1.54) is 18.4 Å². The first kappa shape index (κ1) is 21.5. The molecule has 3 aromatic rings.